The molecule has 2 rings (SSSR count). The summed E-state index contributed by atoms with van der Waals surface area (Å²) in [4.78, 5) is 24.6. The van der Waals surface area contributed by atoms with Crippen LogP contribution >= 0.6 is 11.8 Å². The maximum absolute atomic E-state index is 12.0. The molecule has 16 heavy (non-hydrogen) atoms. The number of carboxylic acid groups (broad SMARTS) is 1. The minimum absolute atomic E-state index is 0.0256. The number of carbonyl (C=O) groups is 2. The quantitative estimate of drug-likeness (QED) is 0.707. The average Bonchev–Trinajstić information content (AvgIpc) is 2.99. The average molecular weight is 242 g/mol. The number of nitrogens with zero attached hydrogens (tertiary/aromatic N) is 1. The van der Waals surface area contributed by atoms with Crippen LogP contribution in [0.1, 0.15) is 32.6 Å². The van der Waals surface area contributed by atoms with Gasteiger partial charge in [0.2, 0.25) is 5.91 Å². The van der Waals surface area contributed by atoms with Crippen LogP contribution in [-0.4, -0.2) is 33.9 Å². The molecule has 5 heteroatoms. The van der Waals surface area contributed by atoms with E-state index in [0.717, 1.165) is 25.7 Å². The number of hydrogen-bond donors (Lipinski definition) is 0. The molecule has 4 nitrogen and oxygen atoms in total. The van der Waals surface area contributed by atoms with Crippen molar-refractivity contribution in [2.75, 3.05) is 5.75 Å². The molecule has 1 aliphatic carbocycles. The summed E-state index contributed by atoms with van der Waals surface area (Å²) >= 11 is 1.57. The van der Waals surface area contributed by atoms with Crippen molar-refractivity contribution in [2.24, 2.45) is 5.92 Å². The summed E-state index contributed by atoms with van der Waals surface area (Å²) in [5.74, 6) is -0.525. The molecule has 0 radical (unpaired) electrons. The molecule has 0 unspecified atom stereocenters. The molecule has 1 saturated carbocycles. The van der Waals surface area contributed by atoms with E-state index in [1.807, 2.05) is 6.92 Å². The molecule has 90 valence electrons. The van der Waals surface area contributed by atoms with E-state index >= 15 is 0 Å². The van der Waals surface area contributed by atoms with Crippen molar-refractivity contribution in [3.05, 3.63) is 0 Å². The topological polar surface area (TPSA) is 60.4 Å². The third-order valence-corrected chi connectivity index (χ3v) is 4.44. The Hall–Kier alpha value is -0.710. The lowest BCUT2D eigenvalue weighted by Crippen LogP contribution is -2.51. The highest BCUT2D eigenvalue weighted by molar-refractivity contribution is 8.00. The van der Waals surface area contributed by atoms with Crippen LogP contribution in [0.3, 0.4) is 0 Å². The van der Waals surface area contributed by atoms with E-state index in [-0.39, 0.29) is 17.2 Å². The van der Waals surface area contributed by atoms with Gasteiger partial charge in [-0.15, -0.1) is 11.8 Å². The van der Waals surface area contributed by atoms with E-state index in [0.29, 0.717) is 5.75 Å². The van der Waals surface area contributed by atoms with Crippen LogP contribution in [0, 0.1) is 5.92 Å². The zero-order chi connectivity index (χ0) is 11.7. The van der Waals surface area contributed by atoms with E-state index in [1.54, 1.807) is 16.7 Å². The van der Waals surface area contributed by atoms with Crippen molar-refractivity contribution in [1.29, 1.82) is 0 Å². The van der Waals surface area contributed by atoms with E-state index < -0.39 is 12.0 Å². The van der Waals surface area contributed by atoms with Crippen molar-refractivity contribution < 1.29 is 14.7 Å². The van der Waals surface area contributed by atoms with Gasteiger partial charge < -0.3 is 14.8 Å². The van der Waals surface area contributed by atoms with Gasteiger partial charge in [-0.1, -0.05) is 13.3 Å². The van der Waals surface area contributed by atoms with E-state index in [9.17, 15) is 14.7 Å². The van der Waals surface area contributed by atoms with Gasteiger partial charge in [0.25, 0.3) is 0 Å². The lowest BCUT2D eigenvalue weighted by atomic mass is 10.2. The van der Waals surface area contributed by atoms with Crippen LogP contribution < -0.4 is 5.11 Å². The second-order valence-electron chi connectivity index (χ2n) is 4.43. The molecule has 1 heterocycles. The molecule has 1 amide bonds. The number of rotatable bonds is 4. The zero-order valence-corrected chi connectivity index (χ0v) is 10.2. The summed E-state index contributed by atoms with van der Waals surface area (Å²) in [6.45, 7) is 2.05. The molecule has 2 atom stereocenters. The Kier molecular flexibility index (Phi) is 3.42. The van der Waals surface area contributed by atoms with Gasteiger partial charge in [0.05, 0.1) is 17.4 Å². The Morgan fingerprint density at radius 2 is 2.12 bits per heavy atom. The molecule has 2 fully saturated rings. The van der Waals surface area contributed by atoms with Gasteiger partial charge >= 0.3 is 0 Å². The first-order valence-electron chi connectivity index (χ1n) is 5.79. The lowest BCUT2D eigenvalue weighted by molar-refractivity contribution is -0.310. The number of carbonyl (C=O) groups excluding carboxylic acids is 2. The molecule has 0 aromatic carbocycles. The van der Waals surface area contributed by atoms with Gasteiger partial charge in [0.15, 0.2) is 0 Å². The molecular formula is C11H16NO3S-. The molecule has 0 spiro atoms. The number of aliphatic carboxylic acids is 1. The van der Waals surface area contributed by atoms with Crippen LogP contribution in [0.5, 0.6) is 0 Å². The van der Waals surface area contributed by atoms with Crippen molar-refractivity contribution in [2.45, 2.75) is 44.0 Å². The van der Waals surface area contributed by atoms with Crippen LogP contribution in [0.4, 0.5) is 0 Å². The Morgan fingerprint density at radius 1 is 1.44 bits per heavy atom. The maximum Gasteiger partial charge on any atom is 0.227 e. The third kappa shape index (κ3) is 2.19. The molecule has 2 aliphatic rings. The number of thioether (sulfide) groups is 1. The largest absolute Gasteiger partial charge is 0.548 e. The summed E-state index contributed by atoms with van der Waals surface area (Å²) < 4.78 is 0. The molecular weight excluding hydrogens is 226 g/mol. The Labute approximate surface area is 99.4 Å². The van der Waals surface area contributed by atoms with Crippen LogP contribution in [0.2, 0.25) is 0 Å². The third-order valence-electron chi connectivity index (χ3n) is 3.08. The summed E-state index contributed by atoms with van der Waals surface area (Å²) in [5, 5.41) is 11.0. The van der Waals surface area contributed by atoms with Crippen LogP contribution in [0.25, 0.3) is 0 Å². The minimum atomic E-state index is -1.11. The van der Waals surface area contributed by atoms with Gasteiger partial charge in [-0.2, -0.15) is 0 Å². The zero-order valence-electron chi connectivity index (χ0n) is 9.35. The highest BCUT2D eigenvalue weighted by Crippen LogP contribution is 2.38. The fourth-order valence-electron chi connectivity index (χ4n) is 2.05. The van der Waals surface area contributed by atoms with Gasteiger partial charge in [0, 0.05) is 11.7 Å². The van der Waals surface area contributed by atoms with Crippen molar-refractivity contribution >= 4 is 23.6 Å². The van der Waals surface area contributed by atoms with Gasteiger partial charge in [0.1, 0.15) is 0 Å². The summed E-state index contributed by atoms with van der Waals surface area (Å²) in [6, 6.07) is -0.713. The van der Waals surface area contributed by atoms with Crippen molar-refractivity contribution in [3.63, 3.8) is 0 Å². The smallest absolute Gasteiger partial charge is 0.227 e. The molecule has 1 saturated heterocycles. The van der Waals surface area contributed by atoms with Gasteiger partial charge in [-0.25, -0.2) is 0 Å². The number of carboxylic acids is 1. The lowest BCUT2D eigenvalue weighted by Gasteiger charge is -2.30. The van der Waals surface area contributed by atoms with Crippen LogP contribution in [-0.2, 0) is 9.59 Å². The SMILES string of the molecule is CCC[C@H]1SC[C@H](C(=O)[O-])N1C(=O)C1CC1. The standard InChI is InChI=1S/C11H17NO3S/c1-2-3-9-12(10(13)7-4-5-7)8(6-16-9)11(14)15/h7-9H,2-6H2,1H3,(H,14,15)/p-1/t8-,9-/m1/s1. The van der Waals surface area contributed by atoms with Crippen molar-refractivity contribution in [3.8, 4) is 0 Å². The first kappa shape index (κ1) is 11.8. The molecule has 0 aromatic rings. The molecule has 0 aromatic heterocycles. The summed E-state index contributed by atoms with van der Waals surface area (Å²) in [7, 11) is 0. The fourth-order valence-corrected chi connectivity index (χ4v) is 3.57. The Bertz CT molecular complexity index is 304. The molecule has 1 aliphatic heterocycles. The van der Waals surface area contributed by atoms with Crippen molar-refractivity contribution in [1.82, 2.24) is 4.90 Å². The highest BCUT2D eigenvalue weighted by atomic mass is 32.2. The van der Waals surface area contributed by atoms with Gasteiger partial charge in [-0.3, -0.25) is 4.79 Å². The second-order valence-corrected chi connectivity index (χ2v) is 5.64. The summed E-state index contributed by atoms with van der Waals surface area (Å²) in [6.07, 6.45) is 3.66. The Balaban J connectivity index is 2.10. The predicted octanol–water partition coefficient (Wildman–Crippen LogP) is 0.216. The summed E-state index contributed by atoms with van der Waals surface area (Å²) in [5.41, 5.74) is 0. The van der Waals surface area contributed by atoms with E-state index in [1.165, 1.54) is 0 Å². The molecule has 0 N–H and O–H groups in total. The number of amides is 1. The normalized spacial score (nSPS) is 29.4. The second kappa shape index (κ2) is 4.65. The maximum atomic E-state index is 12.0. The first-order chi connectivity index (χ1) is 7.65. The molecule has 0 bridgehead atoms. The predicted molar refractivity (Wildman–Crippen MR) is 59.5 cm³/mol. The highest BCUT2D eigenvalue weighted by Gasteiger charge is 2.43. The van der Waals surface area contributed by atoms with Gasteiger partial charge in [-0.05, 0) is 19.3 Å². The monoisotopic (exact) mass is 242 g/mol. The fraction of sp³-hybridized carbons (Fsp3) is 0.818. The first-order valence-corrected chi connectivity index (χ1v) is 6.84. The Morgan fingerprint density at radius 3 is 2.62 bits per heavy atom. The minimum Gasteiger partial charge on any atom is -0.548 e. The van der Waals surface area contributed by atoms with E-state index in [4.69, 9.17) is 0 Å². The number of hydrogen-bond acceptors (Lipinski definition) is 4. The van der Waals surface area contributed by atoms with Crippen LogP contribution in [0.15, 0.2) is 0 Å². The van der Waals surface area contributed by atoms with E-state index in [2.05, 4.69) is 0 Å².